The number of carbonyl (C=O) groups is 2. The maximum absolute atomic E-state index is 11.7. The van der Waals surface area contributed by atoms with E-state index in [1.807, 2.05) is 19.1 Å². The Labute approximate surface area is 133 Å². The lowest BCUT2D eigenvalue weighted by Gasteiger charge is -2.34. The molecule has 0 fully saturated rings. The molecule has 1 aliphatic carbocycles. The van der Waals surface area contributed by atoms with Gasteiger partial charge >= 0.3 is 11.9 Å². The van der Waals surface area contributed by atoms with E-state index >= 15 is 0 Å². The first-order chi connectivity index (χ1) is 10.3. The topological polar surface area (TPSA) is 74.6 Å². The van der Waals surface area contributed by atoms with Gasteiger partial charge in [0.2, 0.25) is 0 Å². The molecule has 1 aromatic carbocycles. The number of aryl methyl sites for hydroxylation is 1. The van der Waals surface area contributed by atoms with E-state index in [0.717, 1.165) is 5.56 Å². The third-order valence-electron chi connectivity index (χ3n) is 3.93. The van der Waals surface area contributed by atoms with Crippen LogP contribution in [0, 0.1) is 18.3 Å². The fourth-order valence-corrected chi connectivity index (χ4v) is 3.06. The largest absolute Gasteiger partial charge is 0.481 e. The first-order valence-corrected chi connectivity index (χ1v) is 7.15. The molecule has 2 unspecified atom stereocenters. The summed E-state index contributed by atoms with van der Waals surface area (Å²) in [7, 11) is 0. The molecule has 0 heterocycles. The van der Waals surface area contributed by atoms with Crippen LogP contribution < -0.4 is 0 Å². The maximum Gasteiger partial charge on any atom is 0.332 e. The molecule has 0 bridgehead atoms. The normalized spacial score (nSPS) is 23.7. The van der Waals surface area contributed by atoms with Crippen LogP contribution in [0.25, 0.3) is 0 Å². The van der Waals surface area contributed by atoms with E-state index in [1.165, 1.54) is 25.2 Å². The molecule has 0 saturated carbocycles. The van der Waals surface area contributed by atoms with Crippen LogP contribution in [0.1, 0.15) is 18.1 Å². The Bertz CT molecular complexity index is 700. The van der Waals surface area contributed by atoms with Crippen molar-refractivity contribution in [1.29, 1.82) is 0 Å². The summed E-state index contributed by atoms with van der Waals surface area (Å²) in [4.78, 5) is 23.5. The fourth-order valence-electron chi connectivity index (χ4n) is 2.55. The van der Waals surface area contributed by atoms with Gasteiger partial charge in [-0.05, 0) is 19.4 Å². The molecule has 0 aromatic heterocycles. The molecule has 1 aliphatic rings. The predicted molar refractivity (Wildman–Crippen MR) is 87.0 cm³/mol. The van der Waals surface area contributed by atoms with Crippen LogP contribution in [-0.4, -0.2) is 27.0 Å². The Hall–Kier alpha value is -2.27. The van der Waals surface area contributed by atoms with Gasteiger partial charge in [-0.2, -0.15) is 0 Å². The van der Waals surface area contributed by atoms with Crippen LogP contribution in [0.5, 0.6) is 0 Å². The predicted octanol–water partition coefficient (Wildman–Crippen LogP) is 3.00. The third kappa shape index (κ3) is 2.72. The van der Waals surface area contributed by atoms with Crippen molar-refractivity contribution >= 4 is 29.0 Å². The Morgan fingerprint density at radius 3 is 2.27 bits per heavy atom. The smallest absolute Gasteiger partial charge is 0.332 e. The number of benzene rings is 1. The summed E-state index contributed by atoms with van der Waals surface area (Å²) in [5.74, 6) is -3.16. The summed E-state index contributed by atoms with van der Waals surface area (Å²) >= 11 is 5.45. The fraction of sp³-hybridized carbons (Fsp3) is 0.235. The number of aliphatic carboxylic acids is 2. The molecule has 0 saturated heterocycles. The van der Waals surface area contributed by atoms with Gasteiger partial charge in [0.25, 0.3) is 0 Å². The minimum Gasteiger partial charge on any atom is -0.481 e. The quantitative estimate of drug-likeness (QED) is 0.660. The average Bonchev–Trinajstić information content (AvgIpc) is 2.46. The van der Waals surface area contributed by atoms with E-state index in [4.69, 9.17) is 12.2 Å². The standard InChI is InChI=1S/C17H16O4S/c1-10-5-7-11(8-6-10)14(22)13-12(15(18)19)4-3-9-17(13,2)16(20)21/h3-9,13H,1-2H3,(H,18,19)(H,20,21). The zero-order valence-corrected chi connectivity index (χ0v) is 13.1. The molecule has 1 aromatic rings. The van der Waals surface area contributed by atoms with E-state index in [0.29, 0.717) is 10.4 Å². The van der Waals surface area contributed by atoms with Crippen LogP contribution in [0.4, 0.5) is 0 Å². The van der Waals surface area contributed by atoms with Crippen molar-refractivity contribution in [2.24, 2.45) is 11.3 Å². The molecule has 0 radical (unpaired) electrons. The van der Waals surface area contributed by atoms with Gasteiger partial charge in [0, 0.05) is 16.4 Å². The number of hydrogen-bond acceptors (Lipinski definition) is 3. The van der Waals surface area contributed by atoms with Gasteiger partial charge in [-0.25, -0.2) is 4.79 Å². The SMILES string of the molecule is Cc1ccc(C(=S)C2C(C(=O)O)=CC=CC2(C)C(=O)O)cc1. The van der Waals surface area contributed by atoms with Gasteiger partial charge < -0.3 is 10.2 Å². The first kappa shape index (κ1) is 16.1. The van der Waals surface area contributed by atoms with E-state index in [-0.39, 0.29) is 5.57 Å². The van der Waals surface area contributed by atoms with Gasteiger partial charge in [0.1, 0.15) is 0 Å². The number of hydrogen-bond donors (Lipinski definition) is 2. The van der Waals surface area contributed by atoms with Crippen molar-refractivity contribution in [1.82, 2.24) is 0 Å². The van der Waals surface area contributed by atoms with Crippen molar-refractivity contribution in [3.05, 3.63) is 59.2 Å². The molecule has 0 aliphatic heterocycles. The molecule has 22 heavy (non-hydrogen) atoms. The van der Waals surface area contributed by atoms with Crippen LogP contribution in [0.15, 0.2) is 48.1 Å². The number of rotatable bonds is 4. The van der Waals surface area contributed by atoms with Gasteiger partial charge in [0.15, 0.2) is 0 Å². The Morgan fingerprint density at radius 2 is 1.77 bits per heavy atom. The molecule has 5 heteroatoms. The second-order valence-corrected chi connectivity index (χ2v) is 5.98. The van der Waals surface area contributed by atoms with Crippen LogP contribution in [-0.2, 0) is 9.59 Å². The first-order valence-electron chi connectivity index (χ1n) is 6.74. The average molecular weight is 316 g/mol. The highest BCUT2D eigenvalue weighted by Crippen LogP contribution is 2.40. The zero-order chi connectivity index (χ0) is 16.5. The van der Waals surface area contributed by atoms with Gasteiger partial charge in [-0.3, -0.25) is 4.79 Å². The monoisotopic (exact) mass is 316 g/mol. The second-order valence-electron chi connectivity index (χ2n) is 5.54. The van der Waals surface area contributed by atoms with Gasteiger partial charge in [-0.15, -0.1) is 0 Å². The molecule has 2 atom stereocenters. The third-order valence-corrected chi connectivity index (χ3v) is 4.41. The molecular weight excluding hydrogens is 300 g/mol. The van der Waals surface area contributed by atoms with Crippen molar-refractivity contribution in [2.45, 2.75) is 13.8 Å². The molecular formula is C17H16O4S. The minimum atomic E-state index is -1.38. The molecule has 2 rings (SSSR count). The molecule has 0 spiro atoms. The maximum atomic E-state index is 11.7. The highest BCUT2D eigenvalue weighted by Gasteiger charge is 2.46. The van der Waals surface area contributed by atoms with E-state index < -0.39 is 23.3 Å². The van der Waals surface area contributed by atoms with Crippen molar-refractivity contribution in [2.75, 3.05) is 0 Å². The summed E-state index contributed by atoms with van der Waals surface area (Å²) in [5.41, 5.74) is 0.327. The molecule has 4 nitrogen and oxygen atoms in total. The van der Waals surface area contributed by atoms with Crippen molar-refractivity contribution in [3.63, 3.8) is 0 Å². The lowest BCUT2D eigenvalue weighted by Crippen LogP contribution is -2.42. The van der Waals surface area contributed by atoms with Gasteiger partial charge in [-0.1, -0.05) is 60.3 Å². The van der Waals surface area contributed by atoms with Crippen molar-refractivity contribution in [3.8, 4) is 0 Å². The highest BCUT2D eigenvalue weighted by atomic mass is 32.1. The Morgan fingerprint density at radius 1 is 1.18 bits per heavy atom. The lowest BCUT2D eigenvalue weighted by molar-refractivity contribution is -0.146. The summed E-state index contributed by atoms with van der Waals surface area (Å²) in [6.45, 7) is 3.42. The van der Waals surface area contributed by atoms with Crippen LogP contribution >= 0.6 is 12.2 Å². The number of allylic oxidation sites excluding steroid dienone is 2. The van der Waals surface area contributed by atoms with Gasteiger partial charge in [0.05, 0.1) is 5.41 Å². The molecule has 114 valence electrons. The summed E-state index contributed by atoms with van der Waals surface area (Å²) in [6.07, 6.45) is 4.37. The van der Waals surface area contributed by atoms with E-state index in [2.05, 4.69) is 0 Å². The molecule has 2 N–H and O–H groups in total. The summed E-state index contributed by atoms with van der Waals surface area (Å²) < 4.78 is 0. The second kappa shape index (κ2) is 5.85. The number of carboxylic acid groups (broad SMARTS) is 2. The summed E-state index contributed by atoms with van der Waals surface area (Å²) in [5, 5.41) is 19.0. The van der Waals surface area contributed by atoms with Crippen molar-refractivity contribution < 1.29 is 19.8 Å². The lowest BCUT2D eigenvalue weighted by atomic mass is 9.67. The Balaban J connectivity index is 2.54. The Kier molecular flexibility index (Phi) is 4.28. The molecule has 0 amide bonds. The highest BCUT2D eigenvalue weighted by molar-refractivity contribution is 7.81. The van der Waals surface area contributed by atoms with E-state index in [9.17, 15) is 19.8 Å². The van der Waals surface area contributed by atoms with E-state index in [1.54, 1.807) is 12.1 Å². The van der Waals surface area contributed by atoms with Crippen LogP contribution in [0.2, 0.25) is 0 Å². The zero-order valence-electron chi connectivity index (χ0n) is 12.2. The van der Waals surface area contributed by atoms with Crippen LogP contribution in [0.3, 0.4) is 0 Å². The number of carboxylic acids is 2. The summed E-state index contributed by atoms with van der Waals surface area (Å²) in [6, 6.07) is 7.31. The minimum absolute atomic E-state index is 0.00187. The number of thiocarbonyl (C=S) groups is 1.